The quantitative estimate of drug-likeness (QED) is 0.720. The third-order valence-corrected chi connectivity index (χ3v) is 4.16. The Balaban J connectivity index is 1.91. The van der Waals surface area contributed by atoms with Gasteiger partial charge in [-0.2, -0.15) is 0 Å². The third-order valence-electron chi connectivity index (χ3n) is 3.65. The average Bonchev–Trinajstić information content (AvgIpc) is 2.74. The maximum atomic E-state index is 11.8. The largest absolute Gasteiger partial charge is 0.349 e. The molecule has 3 heteroatoms. The van der Waals surface area contributed by atoms with Gasteiger partial charge in [0.25, 0.3) is 0 Å². The Morgan fingerprint density at radius 2 is 2.07 bits per heavy atom. The molecule has 0 bridgehead atoms. The van der Waals surface area contributed by atoms with Gasteiger partial charge in [-0.15, -0.1) is 11.6 Å². The molecule has 2 unspecified atom stereocenters. The van der Waals surface area contributed by atoms with Gasteiger partial charge in [0.15, 0.2) is 0 Å². The summed E-state index contributed by atoms with van der Waals surface area (Å²) >= 11 is 5.96. The molecule has 0 spiro atoms. The maximum Gasteiger partial charge on any atom is 0.223 e. The van der Waals surface area contributed by atoms with Gasteiger partial charge < -0.3 is 5.32 Å². The first kappa shape index (κ1) is 10.3. The molecule has 2 fully saturated rings. The number of nitrogens with one attached hydrogen (secondary N) is 1. The van der Waals surface area contributed by atoms with Crippen LogP contribution in [0.3, 0.4) is 0 Å². The molecule has 14 heavy (non-hydrogen) atoms. The topological polar surface area (TPSA) is 29.1 Å². The second-order valence-corrected chi connectivity index (χ2v) is 5.20. The van der Waals surface area contributed by atoms with E-state index in [2.05, 4.69) is 12.2 Å². The number of carbonyl (C=O) groups is 1. The normalized spacial score (nSPS) is 34.1. The van der Waals surface area contributed by atoms with E-state index in [0.29, 0.717) is 11.8 Å². The van der Waals surface area contributed by atoms with Gasteiger partial charge in [-0.25, -0.2) is 0 Å². The smallest absolute Gasteiger partial charge is 0.223 e. The zero-order valence-electron chi connectivity index (χ0n) is 8.68. The summed E-state index contributed by atoms with van der Waals surface area (Å²) in [7, 11) is 0. The molecule has 0 aromatic rings. The molecule has 0 heterocycles. The lowest BCUT2D eigenvalue weighted by atomic mass is 10.00. The van der Waals surface area contributed by atoms with E-state index in [9.17, 15) is 4.79 Å². The van der Waals surface area contributed by atoms with Gasteiger partial charge in [-0.05, 0) is 25.2 Å². The van der Waals surface area contributed by atoms with Crippen LogP contribution in [0.2, 0.25) is 0 Å². The Kier molecular flexibility index (Phi) is 2.74. The summed E-state index contributed by atoms with van der Waals surface area (Å²) < 4.78 is 0. The van der Waals surface area contributed by atoms with Crippen molar-refractivity contribution in [3.8, 4) is 0 Å². The number of carbonyl (C=O) groups excluding carboxylic acids is 1. The Bertz CT molecular complexity index is 235. The van der Waals surface area contributed by atoms with Crippen molar-refractivity contribution in [2.45, 2.75) is 44.6 Å². The van der Waals surface area contributed by atoms with Crippen molar-refractivity contribution < 1.29 is 4.79 Å². The molecule has 0 radical (unpaired) electrons. The number of rotatable bonds is 3. The maximum absolute atomic E-state index is 11.8. The predicted octanol–water partition coefficient (Wildman–Crippen LogP) is 2.31. The molecule has 0 aromatic carbocycles. The van der Waals surface area contributed by atoms with E-state index < -0.39 is 0 Å². The Morgan fingerprint density at radius 1 is 1.50 bits per heavy atom. The van der Waals surface area contributed by atoms with E-state index in [1.165, 1.54) is 12.8 Å². The van der Waals surface area contributed by atoms with E-state index in [1.807, 2.05) is 0 Å². The van der Waals surface area contributed by atoms with Gasteiger partial charge in [0.05, 0.1) is 5.54 Å². The molecule has 2 aliphatic rings. The van der Waals surface area contributed by atoms with Crippen molar-refractivity contribution in [3.63, 3.8) is 0 Å². The summed E-state index contributed by atoms with van der Waals surface area (Å²) in [6, 6.07) is 0. The number of alkyl halides is 1. The van der Waals surface area contributed by atoms with Crippen LogP contribution in [-0.4, -0.2) is 17.3 Å². The first-order chi connectivity index (χ1) is 6.67. The second kappa shape index (κ2) is 3.73. The van der Waals surface area contributed by atoms with Gasteiger partial charge in [-0.1, -0.05) is 19.8 Å². The van der Waals surface area contributed by atoms with Crippen LogP contribution in [0, 0.1) is 11.8 Å². The van der Waals surface area contributed by atoms with Crippen LogP contribution >= 0.6 is 11.6 Å². The number of hydrogen-bond donors (Lipinski definition) is 1. The van der Waals surface area contributed by atoms with E-state index in [-0.39, 0.29) is 17.4 Å². The zero-order valence-corrected chi connectivity index (χ0v) is 9.44. The summed E-state index contributed by atoms with van der Waals surface area (Å²) in [6.45, 7) is 2.13. The molecule has 2 saturated carbocycles. The lowest BCUT2D eigenvalue weighted by molar-refractivity contribution is -0.124. The van der Waals surface area contributed by atoms with Crippen LogP contribution < -0.4 is 5.32 Å². The summed E-state index contributed by atoms with van der Waals surface area (Å²) in [5.74, 6) is 1.67. The van der Waals surface area contributed by atoms with E-state index in [4.69, 9.17) is 11.6 Å². The SMILES string of the molecule is CC1CC1C(=O)NC1(CCl)CCCC1. The van der Waals surface area contributed by atoms with Crippen molar-refractivity contribution in [1.82, 2.24) is 5.32 Å². The summed E-state index contributed by atoms with van der Waals surface area (Å²) in [6.07, 6.45) is 5.58. The lowest BCUT2D eigenvalue weighted by Gasteiger charge is -2.27. The highest BCUT2D eigenvalue weighted by atomic mass is 35.5. The fraction of sp³-hybridized carbons (Fsp3) is 0.909. The summed E-state index contributed by atoms with van der Waals surface area (Å²) in [5.41, 5.74) is -0.0685. The van der Waals surface area contributed by atoms with Crippen LogP contribution in [0.25, 0.3) is 0 Å². The Hall–Kier alpha value is -0.240. The number of hydrogen-bond acceptors (Lipinski definition) is 1. The van der Waals surface area contributed by atoms with Crippen LogP contribution in [0.5, 0.6) is 0 Å². The second-order valence-electron chi connectivity index (χ2n) is 4.93. The minimum Gasteiger partial charge on any atom is -0.349 e. The molecular weight excluding hydrogens is 198 g/mol. The van der Waals surface area contributed by atoms with Crippen molar-refractivity contribution in [2.75, 3.05) is 5.88 Å². The number of halogens is 1. The van der Waals surface area contributed by atoms with Crippen molar-refractivity contribution in [2.24, 2.45) is 11.8 Å². The average molecular weight is 216 g/mol. The summed E-state index contributed by atoms with van der Waals surface area (Å²) in [4.78, 5) is 11.8. The minimum absolute atomic E-state index is 0.0685. The molecule has 0 aromatic heterocycles. The van der Waals surface area contributed by atoms with Crippen LogP contribution in [-0.2, 0) is 4.79 Å². The van der Waals surface area contributed by atoms with E-state index in [0.717, 1.165) is 19.3 Å². The molecule has 1 amide bonds. The van der Waals surface area contributed by atoms with Gasteiger partial charge >= 0.3 is 0 Å². The first-order valence-electron chi connectivity index (χ1n) is 5.55. The number of amides is 1. The third kappa shape index (κ3) is 1.90. The van der Waals surface area contributed by atoms with Gasteiger partial charge in [0.1, 0.15) is 0 Å². The van der Waals surface area contributed by atoms with E-state index in [1.54, 1.807) is 0 Å². The molecule has 2 aliphatic carbocycles. The molecule has 0 aliphatic heterocycles. The summed E-state index contributed by atoms with van der Waals surface area (Å²) in [5, 5.41) is 3.16. The fourth-order valence-electron chi connectivity index (χ4n) is 2.39. The first-order valence-corrected chi connectivity index (χ1v) is 6.08. The van der Waals surface area contributed by atoms with Crippen LogP contribution in [0.15, 0.2) is 0 Å². The minimum atomic E-state index is -0.0685. The molecule has 2 rings (SSSR count). The molecule has 2 atom stereocenters. The van der Waals surface area contributed by atoms with Crippen LogP contribution in [0.4, 0.5) is 0 Å². The van der Waals surface area contributed by atoms with Gasteiger partial charge in [0, 0.05) is 11.8 Å². The molecule has 2 nitrogen and oxygen atoms in total. The van der Waals surface area contributed by atoms with Gasteiger partial charge in [-0.3, -0.25) is 4.79 Å². The fourth-order valence-corrected chi connectivity index (χ4v) is 2.72. The molecule has 1 N–H and O–H groups in total. The Morgan fingerprint density at radius 3 is 2.50 bits per heavy atom. The molecule has 0 saturated heterocycles. The zero-order chi connectivity index (χ0) is 10.2. The highest BCUT2D eigenvalue weighted by molar-refractivity contribution is 6.18. The predicted molar refractivity (Wildman–Crippen MR) is 57.3 cm³/mol. The highest BCUT2D eigenvalue weighted by Gasteiger charge is 2.43. The molecular formula is C11H18ClNO. The van der Waals surface area contributed by atoms with E-state index >= 15 is 0 Å². The van der Waals surface area contributed by atoms with Gasteiger partial charge in [0.2, 0.25) is 5.91 Å². The Labute approximate surface area is 90.4 Å². The van der Waals surface area contributed by atoms with Crippen molar-refractivity contribution >= 4 is 17.5 Å². The standard InChI is InChI=1S/C11H18ClNO/c1-8-6-9(8)10(14)13-11(7-12)4-2-3-5-11/h8-9H,2-7H2,1H3,(H,13,14). The highest BCUT2D eigenvalue weighted by Crippen LogP contribution is 2.39. The van der Waals surface area contributed by atoms with Crippen molar-refractivity contribution in [1.29, 1.82) is 0 Å². The monoisotopic (exact) mass is 215 g/mol. The van der Waals surface area contributed by atoms with Crippen LogP contribution in [0.1, 0.15) is 39.0 Å². The lowest BCUT2D eigenvalue weighted by Crippen LogP contribution is -2.48. The van der Waals surface area contributed by atoms with Crippen molar-refractivity contribution in [3.05, 3.63) is 0 Å². The molecule has 80 valence electrons.